The van der Waals surface area contributed by atoms with E-state index in [0.29, 0.717) is 24.1 Å². The van der Waals surface area contributed by atoms with Gasteiger partial charge in [0.05, 0.1) is 7.11 Å². The minimum Gasteiger partial charge on any atom is -0.493 e. The van der Waals surface area contributed by atoms with Crippen molar-refractivity contribution in [3.05, 3.63) is 23.8 Å². The number of hydrogen-bond donors (Lipinski definition) is 2. The summed E-state index contributed by atoms with van der Waals surface area (Å²) in [7, 11) is 3.42. The van der Waals surface area contributed by atoms with Crippen molar-refractivity contribution in [3.63, 3.8) is 0 Å². The number of nitrogens with one attached hydrogen (secondary N) is 2. The molecule has 2 rings (SSSR count). The molecule has 1 aromatic rings. The van der Waals surface area contributed by atoms with Gasteiger partial charge in [-0.05, 0) is 43.5 Å². The van der Waals surface area contributed by atoms with Gasteiger partial charge in [-0.3, -0.25) is 4.99 Å². The molecule has 0 unspecified atom stereocenters. The van der Waals surface area contributed by atoms with Crippen molar-refractivity contribution in [2.45, 2.75) is 38.8 Å². The van der Waals surface area contributed by atoms with E-state index in [4.69, 9.17) is 15.9 Å². The van der Waals surface area contributed by atoms with Crippen LogP contribution in [0.15, 0.2) is 23.2 Å². The second-order valence-electron chi connectivity index (χ2n) is 6.66. The highest BCUT2D eigenvalue weighted by molar-refractivity contribution is 14.0. The van der Waals surface area contributed by atoms with Gasteiger partial charge in [0, 0.05) is 32.7 Å². The van der Waals surface area contributed by atoms with Crippen LogP contribution in [-0.4, -0.2) is 57.3 Å². The molecule has 0 aromatic heterocycles. The minimum atomic E-state index is 0. The van der Waals surface area contributed by atoms with Crippen LogP contribution in [0.5, 0.6) is 11.5 Å². The Kier molecular flexibility index (Phi) is 11.8. The molecule has 0 aliphatic carbocycles. The molecule has 1 aliphatic heterocycles. The highest BCUT2D eigenvalue weighted by Gasteiger charge is 2.19. The Labute approximate surface area is 186 Å². The Morgan fingerprint density at radius 1 is 1.32 bits per heavy atom. The number of ether oxygens (including phenoxy) is 2. The molecular weight excluding hydrogens is 467 g/mol. The molecule has 28 heavy (non-hydrogen) atoms. The number of hydrogen-bond acceptors (Lipinski definition) is 4. The number of methoxy groups -OCH3 is 1. The normalized spacial score (nSPS) is 15.3. The van der Waals surface area contributed by atoms with Crippen LogP contribution in [0.3, 0.4) is 0 Å². The van der Waals surface area contributed by atoms with E-state index in [2.05, 4.69) is 33.4 Å². The van der Waals surface area contributed by atoms with Gasteiger partial charge in [0.2, 0.25) is 0 Å². The molecule has 2 N–H and O–H groups in total. The van der Waals surface area contributed by atoms with Crippen molar-refractivity contribution in [2.75, 3.05) is 40.4 Å². The minimum absolute atomic E-state index is 0. The summed E-state index contributed by atoms with van der Waals surface area (Å²) in [4.78, 5) is 6.89. The topological polar surface area (TPSA) is 58.1 Å². The van der Waals surface area contributed by atoms with E-state index in [1.165, 1.54) is 13.0 Å². The first-order valence-corrected chi connectivity index (χ1v) is 9.62. The van der Waals surface area contributed by atoms with E-state index >= 15 is 0 Å². The summed E-state index contributed by atoms with van der Waals surface area (Å²) in [6, 6.07) is 6.31. The molecule has 156 valence electrons. The quantitative estimate of drug-likeness (QED) is 0.249. The molecule has 1 saturated heterocycles. The lowest BCUT2D eigenvalue weighted by molar-refractivity contribution is 0.206. The number of halogens is 1. The zero-order chi connectivity index (χ0) is 19.5. The predicted octanol–water partition coefficient (Wildman–Crippen LogP) is 2.86. The summed E-state index contributed by atoms with van der Waals surface area (Å²) < 4.78 is 10.9. The number of nitrogens with zero attached hydrogens (tertiary/aromatic N) is 2. The largest absolute Gasteiger partial charge is 0.493 e. The maximum atomic E-state index is 5.56. The Hall–Kier alpha value is -1.66. The summed E-state index contributed by atoms with van der Waals surface area (Å²) in [6.07, 6.45) is 8.79. The third-order valence-electron chi connectivity index (χ3n) is 4.69. The summed E-state index contributed by atoms with van der Waals surface area (Å²) in [6.45, 7) is 6.59. The maximum Gasteiger partial charge on any atom is 0.191 e. The SMILES string of the molecule is C#CCOc1cc(CNC(=NC)NC2CCN(CCC)CC2)ccc1OC.I. The van der Waals surface area contributed by atoms with Crippen LogP contribution in [0.2, 0.25) is 0 Å². The lowest BCUT2D eigenvalue weighted by Gasteiger charge is -2.32. The standard InChI is InChI=1S/C21H32N4O2.HI/c1-5-11-25-12-9-18(10-13-25)24-21(22-3)23-16-17-7-8-19(26-4)20(15-17)27-14-6-2;/h2,7-8,15,18H,5,9-14,16H2,1,3-4H3,(H2,22,23,24);1H. The first kappa shape index (κ1) is 24.4. The lowest BCUT2D eigenvalue weighted by Crippen LogP contribution is -2.48. The first-order chi connectivity index (χ1) is 13.2. The van der Waals surface area contributed by atoms with E-state index in [1.807, 2.05) is 18.2 Å². The number of guanidine groups is 1. The average molecular weight is 500 g/mol. The Morgan fingerprint density at radius 2 is 2.07 bits per heavy atom. The summed E-state index contributed by atoms with van der Waals surface area (Å²) in [5.41, 5.74) is 1.07. The Balaban J connectivity index is 0.00000392. The van der Waals surface area contributed by atoms with Crippen molar-refractivity contribution < 1.29 is 9.47 Å². The maximum absolute atomic E-state index is 5.56. The average Bonchev–Trinajstić information content (AvgIpc) is 2.71. The molecule has 1 aliphatic rings. The van der Waals surface area contributed by atoms with E-state index in [0.717, 1.165) is 37.5 Å². The third kappa shape index (κ3) is 7.76. The zero-order valence-electron chi connectivity index (χ0n) is 17.2. The number of piperidine rings is 1. The molecule has 7 heteroatoms. The fourth-order valence-electron chi connectivity index (χ4n) is 3.25. The van der Waals surface area contributed by atoms with Gasteiger partial charge in [-0.15, -0.1) is 30.4 Å². The monoisotopic (exact) mass is 500 g/mol. The van der Waals surface area contributed by atoms with E-state index in [1.54, 1.807) is 14.2 Å². The van der Waals surface area contributed by atoms with Crippen molar-refractivity contribution in [1.82, 2.24) is 15.5 Å². The van der Waals surface area contributed by atoms with Crippen LogP contribution in [0.4, 0.5) is 0 Å². The molecule has 0 atom stereocenters. The predicted molar refractivity (Wildman–Crippen MR) is 126 cm³/mol. The van der Waals surface area contributed by atoms with Gasteiger partial charge in [-0.1, -0.05) is 18.9 Å². The van der Waals surface area contributed by atoms with Gasteiger partial charge < -0.3 is 25.0 Å². The van der Waals surface area contributed by atoms with Gasteiger partial charge in [0.1, 0.15) is 6.61 Å². The van der Waals surface area contributed by atoms with Crippen LogP contribution in [0, 0.1) is 12.3 Å². The zero-order valence-corrected chi connectivity index (χ0v) is 19.5. The number of benzene rings is 1. The number of rotatable bonds is 8. The molecule has 1 fully saturated rings. The van der Waals surface area contributed by atoms with Gasteiger partial charge in [-0.2, -0.15) is 0 Å². The van der Waals surface area contributed by atoms with Crippen LogP contribution >= 0.6 is 24.0 Å². The van der Waals surface area contributed by atoms with E-state index < -0.39 is 0 Å². The second-order valence-corrected chi connectivity index (χ2v) is 6.66. The van der Waals surface area contributed by atoms with E-state index in [-0.39, 0.29) is 30.6 Å². The Morgan fingerprint density at radius 3 is 2.68 bits per heavy atom. The second kappa shape index (κ2) is 13.5. The van der Waals surface area contributed by atoms with Gasteiger partial charge in [0.15, 0.2) is 17.5 Å². The van der Waals surface area contributed by atoms with Crippen LogP contribution in [-0.2, 0) is 6.54 Å². The smallest absolute Gasteiger partial charge is 0.191 e. The molecule has 1 heterocycles. The molecular formula is C21H33IN4O2. The van der Waals surface area contributed by atoms with Crippen molar-refractivity contribution in [1.29, 1.82) is 0 Å². The lowest BCUT2D eigenvalue weighted by atomic mass is 10.1. The third-order valence-corrected chi connectivity index (χ3v) is 4.69. The molecule has 0 spiro atoms. The number of likely N-dealkylation sites (tertiary alicyclic amines) is 1. The molecule has 0 radical (unpaired) electrons. The van der Waals surface area contributed by atoms with Crippen molar-refractivity contribution in [3.8, 4) is 23.8 Å². The van der Waals surface area contributed by atoms with Gasteiger partial charge in [0.25, 0.3) is 0 Å². The number of aliphatic imine (C=N–C) groups is 1. The molecule has 1 aromatic carbocycles. The summed E-state index contributed by atoms with van der Waals surface area (Å²) in [5.74, 6) is 4.63. The van der Waals surface area contributed by atoms with Crippen molar-refractivity contribution >= 4 is 29.9 Å². The number of terminal acetylenes is 1. The van der Waals surface area contributed by atoms with Gasteiger partial charge in [-0.25, -0.2) is 0 Å². The summed E-state index contributed by atoms with van der Waals surface area (Å²) in [5, 5.41) is 6.92. The molecule has 6 nitrogen and oxygen atoms in total. The van der Waals surface area contributed by atoms with Crippen LogP contribution in [0.25, 0.3) is 0 Å². The molecule has 0 amide bonds. The fraction of sp³-hybridized carbons (Fsp3) is 0.571. The summed E-state index contributed by atoms with van der Waals surface area (Å²) >= 11 is 0. The molecule has 0 saturated carbocycles. The van der Waals surface area contributed by atoms with Crippen LogP contribution in [0.1, 0.15) is 31.7 Å². The fourth-order valence-corrected chi connectivity index (χ4v) is 3.25. The van der Waals surface area contributed by atoms with E-state index in [9.17, 15) is 0 Å². The highest BCUT2D eigenvalue weighted by atomic mass is 127. The highest BCUT2D eigenvalue weighted by Crippen LogP contribution is 2.27. The van der Waals surface area contributed by atoms with Crippen LogP contribution < -0.4 is 20.1 Å². The van der Waals surface area contributed by atoms with Crippen molar-refractivity contribution in [2.24, 2.45) is 4.99 Å². The first-order valence-electron chi connectivity index (χ1n) is 9.62. The molecule has 0 bridgehead atoms. The van der Waals surface area contributed by atoms with Gasteiger partial charge >= 0.3 is 0 Å². The Bertz CT molecular complexity index is 652.